The maximum Gasteiger partial charge on any atom is 0.266 e. The predicted octanol–water partition coefficient (Wildman–Crippen LogP) is 2.77. The SMILES string of the molecule is Cc1ccc(S(=O)(=O)NC(=O)c2ccccc2Cl)cc1. The number of benzene rings is 2. The van der Waals surface area contributed by atoms with E-state index in [9.17, 15) is 13.2 Å². The number of carbonyl (C=O) groups is 1. The lowest BCUT2D eigenvalue weighted by Crippen LogP contribution is -2.30. The van der Waals surface area contributed by atoms with Crippen LogP contribution in [0, 0.1) is 6.92 Å². The van der Waals surface area contributed by atoms with Gasteiger partial charge in [0.25, 0.3) is 15.9 Å². The van der Waals surface area contributed by atoms with Crippen LogP contribution in [0.4, 0.5) is 0 Å². The minimum absolute atomic E-state index is 0.0310. The minimum Gasteiger partial charge on any atom is -0.268 e. The summed E-state index contributed by atoms with van der Waals surface area (Å²) in [6.45, 7) is 1.85. The van der Waals surface area contributed by atoms with E-state index in [1.54, 1.807) is 24.3 Å². The highest BCUT2D eigenvalue weighted by Gasteiger charge is 2.19. The Morgan fingerprint density at radius 1 is 1.05 bits per heavy atom. The summed E-state index contributed by atoms with van der Waals surface area (Å²) < 4.78 is 26.1. The molecule has 0 aliphatic heterocycles. The van der Waals surface area contributed by atoms with Gasteiger partial charge in [-0.3, -0.25) is 4.79 Å². The molecular formula is C14H12ClNO3S. The third-order valence-corrected chi connectivity index (χ3v) is 4.35. The number of sulfonamides is 1. The van der Waals surface area contributed by atoms with Crippen LogP contribution in [0.5, 0.6) is 0 Å². The normalized spacial score (nSPS) is 11.1. The zero-order valence-corrected chi connectivity index (χ0v) is 12.2. The highest BCUT2D eigenvalue weighted by molar-refractivity contribution is 7.90. The van der Waals surface area contributed by atoms with E-state index >= 15 is 0 Å². The lowest BCUT2D eigenvalue weighted by Gasteiger charge is -2.08. The van der Waals surface area contributed by atoms with E-state index in [4.69, 9.17) is 11.6 Å². The summed E-state index contributed by atoms with van der Waals surface area (Å²) in [7, 11) is -3.90. The Morgan fingerprint density at radius 3 is 2.25 bits per heavy atom. The number of aryl methyl sites for hydroxylation is 1. The van der Waals surface area contributed by atoms with Crippen molar-refractivity contribution in [1.29, 1.82) is 0 Å². The molecule has 0 saturated carbocycles. The number of carbonyl (C=O) groups excluding carboxylic acids is 1. The maximum absolute atomic E-state index is 12.1. The van der Waals surface area contributed by atoms with Gasteiger partial charge in [-0.25, -0.2) is 13.1 Å². The zero-order valence-electron chi connectivity index (χ0n) is 10.6. The maximum atomic E-state index is 12.1. The molecule has 1 N–H and O–H groups in total. The third-order valence-electron chi connectivity index (χ3n) is 2.68. The van der Waals surface area contributed by atoms with Gasteiger partial charge in [0.15, 0.2) is 0 Å². The molecule has 0 fully saturated rings. The van der Waals surface area contributed by atoms with Gasteiger partial charge < -0.3 is 0 Å². The van der Waals surface area contributed by atoms with E-state index in [1.807, 2.05) is 11.6 Å². The van der Waals surface area contributed by atoms with Crippen molar-refractivity contribution < 1.29 is 13.2 Å². The number of hydrogen-bond donors (Lipinski definition) is 1. The van der Waals surface area contributed by atoms with Crippen LogP contribution in [0.1, 0.15) is 15.9 Å². The van der Waals surface area contributed by atoms with Crippen LogP contribution in [0.15, 0.2) is 53.4 Å². The summed E-state index contributed by atoms with van der Waals surface area (Å²) in [6, 6.07) is 12.5. The van der Waals surface area contributed by atoms with Crippen molar-refractivity contribution in [2.45, 2.75) is 11.8 Å². The van der Waals surface area contributed by atoms with Gasteiger partial charge in [-0.1, -0.05) is 41.4 Å². The van der Waals surface area contributed by atoms with Gasteiger partial charge in [-0.2, -0.15) is 0 Å². The van der Waals surface area contributed by atoms with E-state index in [1.165, 1.54) is 24.3 Å². The van der Waals surface area contributed by atoms with Gasteiger partial charge in [-0.15, -0.1) is 0 Å². The van der Waals surface area contributed by atoms with Crippen molar-refractivity contribution >= 4 is 27.5 Å². The number of amides is 1. The van der Waals surface area contributed by atoms with Gasteiger partial charge in [0, 0.05) is 0 Å². The predicted molar refractivity (Wildman–Crippen MR) is 77.3 cm³/mol. The highest BCUT2D eigenvalue weighted by Crippen LogP contribution is 2.16. The molecule has 1 amide bonds. The van der Waals surface area contributed by atoms with Gasteiger partial charge in [0.2, 0.25) is 0 Å². The monoisotopic (exact) mass is 309 g/mol. The molecule has 4 nitrogen and oxygen atoms in total. The molecule has 2 aromatic carbocycles. The molecule has 0 bridgehead atoms. The zero-order chi connectivity index (χ0) is 14.8. The molecule has 0 heterocycles. The Bertz CT molecular complexity index is 739. The number of hydrogen-bond acceptors (Lipinski definition) is 3. The molecule has 0 radical (unpaired) electrons. The fourth-order valence-corrected chi connectivity index (χ4v) is 2.79. The fraction of sp³-hybridized carbons (Fsp3) is 0.0714. The van der Waals surface area contributed by atoms with E-state index < -0.39 is 15.9 Å². The van der Waals surface area contributed by atoms with Crippen molar-refractivity contribution in [2.75, 3.05) is 0 Å². The van der Waals surface area contributed by atoms with E-state index in [0.717, 1.165) is 5.56 Å². The van der Waals surface area contributed by atoms with Crippen molar-refractivity contribution in [3.05, 3.63) is 64.7 Å². The smallest absolute Gasteiger partial charge is 0.266 e. The molecule has 0 aromatic heterocycles. The Labute approximate surface area is 122 Å². The quantitative estimate of drug-likeness (QED) is 0.948. The molecule has 0 saturated heterocycles. The Hall–Kier alpha value is -1.85. The lowest BCUT2D eigenvalue weighted by molar-refractivity contribution is 0.0981. The second-order valence-corrected chi connectivity index (χ2v) is 6.32. The summed E-state index contributed by atoms with van der Waals surface area (Å²) in [5.74, 6) is -0.754. The highest BCUT2D eigenvalue weighted by atomic mass is 35.5. The molecule has 0 unspecified atom stereocenters. The van der Waals surface area contributed by atoms with Crippen LogP contribution < -0.4 is 4.72 Å². The second-order valence-electron chi connectivity index (χ2n) is 4.23. The first-order chi connectivity index (χ1) is 9.40. The van der Waals surface area contributed by atoms with Crippen LogP contribution >= 0.6 is 11.6 Å². The first-order valence-electron chi connectivity index (χ1n) is 5.78. The van der Waals surface area contributed by atoms with E-state index in [-0.39, 0.29) is 15.5 Å². The van der Waals surface area contributed by atoms with Gasteiger partial charge in [-0.05, 0) is 31.2 Å². The fourth-order valence-electron chi connectivity index (χ4n) is 1.60. The van der Waals surface area contributed by atoms with E-state index in [0.29, 0.717) is 0 Å². The summed E-state index contributed by atoms with van der Waals surface area (Å²) in [4.78, 5) is 12.0. The van der Waals surface area contributed by atoms with Crippen LogP contribution in [0.25, 0.3) is 0 Å². The van der Waals surface area contributed by atoms with Crippen molar-refractivity contribution in [1.82, 2.24) is 4.72 Å². The van der Waals surface area contributed by atoms with Crippen LogP contribution in [0.3, 0.4) is 0 Å². The second kappa shape index (κ2) is 5.64. The molecular weight excluding hydrogens is 298 g/mol. The van der Waals surface area contributed by atoms with Crippen LogP contribution in [-0.2, 0) is 10.0 Å². The van der Waals surface area contributed by atoms with Crippen molar-refractivity contribution in [3.63, 3.8) is 0 Å². The average molecular weight is 310 g/mol. The van der Waals surface area contributed by atoms with Crippen LogP contribution in [-0.4, -0.2) is 14.3 Å². The number of nitrogens with one attached hydrogen (secondary N) is 1. The Kier molecular flexibility index (Phi) is 4.11. The van der Waals surface area contributed by atoms with Crippen molar-refractivity contribution in [3.8, 4) is 0 Å². The molecule has 0 aliphatic rings. The lowest BCUT2D eigenvalue weighted by atomic mass is 10.2. The molecule has 0 aliphatic carbocycles. The molecule has 2 aromatic rings. The van der Waals surface area contributed by atoms with Gasteiger partial charge in [0.1, 0.15) is 0 Å². The van der Waals surface area contributed by atoms with E-state index in [2.05, 4.69) is 0 Å². The standard InChI is InChI=1S/C14H12ClNO3S/c1-10-6-8-11(9-7-10)20(18,19)16-14(17)12-4-2-3-5-13(12)15/h2-9H,1H3,(H,16,17). The summed E-state index contributed by atoms with van der Waals surface area (Å²) in [5.41, 5.74) is 1.05. The molecule has 2 rings (SSSR count). The minimum atomic E-state index is -3.90. The van der Waals surface area contributed by atoms with Gasteiger partial charge >= 0.3 is 0 Å². The molecule has 104 valence electrons. The largest absolute Gasteiger partial charge is 0.268 e. The average Bonchev–Trinajstić information content (AvgIpc) is 2.39. The Balaban J connectivity index is 2.27. The van der Waals surface area contributed by atoms with Crippen LogP contribution in [0.2, 0.25) is 5.02 Å². The summed E-state index contributed by atoms with van der Waals surface area (Å²) in [5, 5.41) is 0.198. The number of rotatable bonds is 3. The third kappa shape index (κ3) is 3.18. The molecule has 0 spiro atoms. The topological polar surface area (TPSA) is 63.2 Å². The van der Waals surface area contributed by atoms with Crippen molar-refractivity contribution in [2.24, 2.45) is 0 Å². The molecule has 20 heavy (non-hydrogen) atoms. The molecule has 0 atom stereocenters. The Morgan fingerprint density at radius 2 is 1.65 bits per heavy atom. The first-order valence-corrected chi connectivity index (χ1v) is 7.64. The summed E-state index contributed by atoms with van der Waals surface area (Å²) in [6.07, 6.45) is 0. The molecule has 6 heteroatoms. The first kappa shape index (κ1) is 14.6. The van der Waals surface area contributed by atoms with Gasteiger partial charge in [0.05, 0.1) is 15.5 Å². The number of halogens is 1. The summed E-state index contributed by atoms with van der Waals surface area (Å²) >= 11 is 5.86.